The van der Waals surface area contributed by atoms with Gasteiger partial charge in [0.1, 0.15) is 0 Å². The van der Waals surface area contributed by atoms with Gasteiger partial charge in [0.15, 0.2) is 0 Å². The van der Waals surface area contributed by atoms with Crippen LogP contribution in [0.2, 0.25) is 5.02 Å². The van der Waals surface area contributed by atoms with Crippen molar-refractivity contribution in [3.05, 3.63) is 81.5 Å². The number of benzene rings is 2. The molecular weight excluding hydrogens is 364 g/mol. The quantitative estimate of drug-likeness (QED) is 0.641. The largest absolute Gasteiger partial charge is 0.349 e. The normalized spacial score (nSPS) is 12.2. The van der Waals surface area contributed by atoms with Gasteiger partial charge in [-0.1, -0.05) is 60.1 Å². The van der Waals surface area contributed by atoms with Crippen molar-refractivity contribution in [1.29, 1.82) is 0 Å². The van der Waals surface area contributed by atoms with Gasteiger partial charge in [-0.25, -0.2) is 0 Å². The molecule has 1 atom stereocenters. The van der Waals surface area contributed by atoms with Crippen molar-refractivity contribution in [2.45, 2.75) is 6.04 Å². The Morgan fingerprint density at radius 2 is 1.77 bits per heavy atom. The number of rotatable bonds is 6. The SMILES string of the molecule is CN(C)C(CNC(=O)c1sccc1-c1ccccc1)c1ccccc1Cl. The highest BCUT2D eigenvalue weighted by atomic mass is 35.5. The molecule has 0 bridgehead atoms. The second-order valence-corrected chi connectivity index (χ2v) is 7.56. The third-order valence-corrected chi connectivity index (χ3v) is 5.56. The second-order valence-electron chi connectivity index (χ2n) is 6.24. The molecule has 1 amide bonds. The molecule has 0 radical (unpaired) electrons. The van der Waals surface area contributed by atoms with Crippen molar-refractivity contribution in [2.75, 3.05) is 20.6 Å². The summed E-state index contributed by atoms with van der Waals surface area (Å²) in [5.74, 6) is -0.0576. The molecule has 1 heterocycles. The minimum atomic E-state index is -0.0576. The number of carbonyl (C=O) groups is 1. The molecule has 3 rings (SSSR count). The van der Waals surface area contributed by atoms with Gasteiger partial charge in [-0.15, -0.1) is 11.3 Å². The van der Waals surface area contributed by atoms with E-state index in [-0.39, 0.29) is 11.9 Å². The van der Waals surface area contributed by atoms with E-state index >= 15 is 0 Å². The van der Waals surface area contributed by atoms with Crippen LogP contribution in [-0.4, -0.2) is 31.4 Å². The van der Waals surface area contributed by atoms with Crippen molar-refractivity contribution in [2.24, 2.45) is 0 Å². The molecule has 0 saturated heterocycles. The van der Waals surface area contributed by atoms with Gasteiger partial charge in [-0.05, 0) is 42.7 Å². The zero-order valence-electron chi connectivity index (χ0n) is 14.8. The van der Waals surface area contributed by atoms with Crippen molar-refractivity contribution in [1.82, 2.24) is 10.2 Å². The molecule has 134 valence electrons. The Hall–Kier alpha value is -2.14. The third kappa shape index (κ3) is 4.15. The lowest BCUT2D eigenvalue weighted by atomic mass is 10.1. The smallest absolute Gasteiger partial charge is 0.262 e. The van der Waals surface area contributed by atoms with Crippen LogP contribution in [0.15, 0.2) is 66.0 Å². The van der Waals surface area contributed by atoms with E-state index in [1.165, 1.54) is 11.3 Å². The predicted octanol–water partition coefficient (Wildman–Crippen LogP) is 5.10. The molecule has 0 spiro atoms. The molecule has 3 aromatic rings. The number of amides is 1. The van der Waals surface area contributed by atoms with Crippen LogP contribution in [0.3, 0.4) is 0 Å². The van der Waals surface area contributed by atoms with E-state index in [4.69, 9.17) is 11.6 Å². The van der Waals surface area contributed by atoms with Gasteiger partial charge in [-0.3, -0.25) is 4.79 Å². The summed E-state index contributed by atoms with van der Waals surface area (Å²) >= 11 is 7.81. The van der Waals surface area contributed by atoms with Gasteiger partial charge >= 0.3 is 0 Å². The monoisotopic (exact) mass is 384 g/mol. The van der Waals surface area contributed by atoms with Crippen molar-refractivity contribution in [3.63, 3.8) is 0 Å². The molecule has 3 nitrogen and oxygen atoms in total. The summed E-state index contributed by atoms with van der Waals surface area (Å²) < 4.78 is 0. The van der Waals surface area contributed by atoms with Crippen LogP contribution in [0, 0.1) is 0 Å². The number of hydrogen-bond acceptors (Lipinski definition) is 3. The van der Waals surface area contributed by atoms with Gasteiger partial charge in [-0.2, -0.15) is 0 Å². The van der Waals surface area contributed by atoms with E-state index in [9.17, 15) is 4.79 Å². The van der Waals surface area contributed by atoms with Gasteiger partial charge in [0.25, 0.3) is 5.91 Å². The first-order chi connectivity index (χ1) is 12.6. The van der Waals surface area contributed by atoms with E-state index < -0.39 is 0 Å². The maximum atomic E-state index is 12.8. The topological polar surface area (TPSA) is 32.3 Å². The Morgan fingerprint density at radius 1 is 1.08 bits per heavy atom. The summed E-state index contributed by atoms with van der Waals surface area (Å²) in [4.78, 5) is 15.6. The average molecular weight is 385 g/mol. The number of thiophene rings is 1. The second kappa shape index (κ2) is 8.49. The number of likely N-dealkylation sites (N-methyl/N-ethyl adjacent to an activating group) is 1. The fourth-order valence-electron chi connectivity index (χ4n) is 2.92. The Bertz CT molecular complexity index is 876. The number of nitrogens with one attached hydrogen (secondary N) is 1. The molecule has 0 aliphatic heterocycles. The van der Waals surface area contributed by atoms with Crippen LogP contribution in [0.1, 0.15) is 21.3 Å². The average Bonchev–Trinajstić information content (AvgIpc) is 3.13. The molecule has 2 aromatic carbocycles. The minimum Gasteiger partial charge on any atom is -0.349 e. The van der Waals surface area contributed by atoms with Crippen molar-refractivity contribution in [3.8, 4) is 11.1 Å². The predicted molar refractivity (Wildman–Crippen MR) is 110 cm³/mol. The van der Waals surface area contributed by atoms with Crippen LogP contribution in [-0.2, 0) is 0 Å². The van der Waals surface area contributed by atoms with Crippen LogP contribution in [0.4, 0.5) is 0 Å². The molecule has 1 N–H and O–H groups in total. The summed E-state index contributed by atoms with van der Waals surface area (Å²) in [7, 11) is 3.97. The molecule has 0 aliphatic carbocycles. The highest BCUT2D eigenvalue weighted by Gasteiger charge is 2.20. The molecule has 1 unspecified atom stereocenters. The van der Waals surface area contributed by atoms with Gasteiger partial charge in [0.05, 0.1) is 10.9 Å². The Labute approximate surface area is 163 Å². The number of nitrogens with zero attached hydrogens (tertiary/aromatic N) is 1. The minimum absolute atomic E-state index is 0.00721. The Balaban J connectivity index is 1.77. The van der Waals surface area contributed by atoms with Crippen LogP contribution >= 0.6 is 22.9 Å². The first kappa shape index (κ1) is 18.6. The van der Waals surface area contributed by atoms with Gasteiger partial charge in [0, 0.05) is 17.1 Å². The fourth-order valence-corrected chi connectivity index (χ4v) is 4.01. The van der Waals surface area contributed by atoms with Crippen LogP contribution in [0.25, 0.3) is 11.1 Å². The maximum absolute atomic E-state index is 12.8. The Kier molecular flexibility index (Phi) is 6.09. The zero-order chi connectivity index (χ0) is 18.5. The van der Waals surface area contributed by atoms with E-state index in [0.29, 0.717) is 11.6 Å². The molecular formula is C21H21ClN2OS. The number of carbonyl (C=O) groups excluding carboxylic acids is 1. The summed E-state index contributed by atoms with van der Waals surface area (Å²) in [6, 6.07) is 19.7. The number of halogens is 1. The summed E-state index contributed by atoms with van der Waals surface area (Å²) in [5, 5.41) is 5.74. The first-order valence-corrected chi connectivity index (χ1v) is 9.65. The molecule has 1 aromatic heterocycles. The summed E-state index contributed by atoms with van der Waals surface area (Å²) in [6.45, 7) is 0.488. The van der Waals surface area contributed by atoms with Crippen LogP contribution < -0.4 is 5.32 Å². The Morgan fingerprint density at radius 3 is 2.46 bits per heavy atom. The van der Waals surface area contributed by atoms with E-state index in [0.717, 1.165) is 21.6 Å². The fraction of sp³-hybridized carbons (Fsp3) is 0.190. The molecule has 0 saturated carbocycles. The molecule has 0 aliphatic rings. The van der Waals surface area contributed by atoms with E-state index in [2.05, 4.69) is 10.2 Å². The van der Waals surface area contributed by atoms with Gasteiger partial charge < -0.3 is 10.2 Å². The molecule has 5 heteroatoms. The highest BCUT2D eigenvalue weighted by Crippen LogP contribution is 2.29. The van der Waals surface area contributed by atoms with Crippen molar-refractivity contribution >= 4 is 28.8 Å². The zero-order valence-corrected chi connectivity index (χ0v) is 16.3. The molecule has 0 fully saturated rings. The molecule has 26 heavy (non-hydrogen) atoms. The van der Waals surface area contributed by atoms with Gasteiger partial charge in [0.2, 0.25) is 0 Å². The van der Waals surface area contributed by atoms with Crippen LogP contribution in [0.5, 0.6) is 0 Å². The van der Waals surface area contributed by atoms with Crippen molar-refractivity contribution < 1.29 is 4.79 Å². The van der Waals surface area contributed by atoms with E-state index in [1.807, 2.05) is 80.1 Å². The first-order valence-electron chi connectivity index (χ1n) is 8.40. The highest BCUT2D eigenvalue weighted by molar-refractivity contribution is 7.12. The summed E-state index contributed by atoms with van der Waals surface area (Å²) in [6.07, 6.45) is 0. The third-order valence-electron chi connectivity index (χ3n) is 4.30. The lowest BCUT2D eigenvalue weighted by Gasteiger charge is -2.26. The van der Waals surface area contributed by atoms with E-state index in [1.54, 1.807) is 0 Å². The lowest BCUT2D eigenvalue weighted by Crippen LogP contribution is -2.34. The lowest BCUT2D eigenvalue weighted by molar-refractivity contribution is 0.0946. The maximum Gasteiger partial charge on any atom is 0.262 e. The summed E-state index contributed by atoms with van der Waals surface area (Å²) in [5.41, 5.74) is 3.02. The number of hydrogen-bond donors (Lipinski definition) is 1. The standard InChI is InChI=1S/C21H21ClN2OS/c1-24(2)19(17-10-6-7-11-18(17)22)14-23-21(25)20-16(12-13-26-20)15-8-4-3-5-9-15/h3-13,19H,14H2,1-2H3,(H,23,25).